The van der Waals surface area contributed by atoms with Crippen LogP contribution in [0.4, 0.5) is 22.0 Å². The number of hydrogen-bond donors (Lipinski definition) is 1. The lowest BCUT2D eigenvalue weighted by Crippen LogP contribution is -2.43. The van der Waals surface area contributed by atoms with E-state index in [1.54, 1.807) is 24.9 Å². The number of nitrogens with zero attached hydrogens (tertiary/aromatic N) is 4. The molecule has 4 heterocycles. The first-order valence-electron chi connectivity index (χ1n) is 14.7. The summed E-state index contributed by atoms with van der Waals surface area (Å²) in [4.78, 5) is 50.2. The van der Waals surface area contributed by atoms with Gasteiger partial charge >= 0.3 is 6.03 Å². The lowest BCUT2D eigenvalue weighted by molar-refractivity contribution is -0.123. The minimum atomic E-state index is -1.02. The molecule has 2 saturated heterocycles. The third kappa shape index (κ3) is 4.08. The summed E-state index contributed by atoms with van der Waals surface area (Å²) in [5.74, 6) is 0.804. The summed E-state index contributed by atoms with van der Waals surface area (Å²) in [7, 11) is 0. The van der Waals surface area contributed by atoms with Crippen LogP contribution in [0, 0.1) is 5.92 Å². The van der Waals surface area contributed by atoms with Crippen molar-refractivity contribution in [3.05, 3.63) is 47.7 Å². The molecule has 9 heteroatoms. The number of imide groups is 1. The van der Waals surface area contributed by atoms with E-state index in [0.29, 0.717) is 24.8 Å². The van der Waals surface area contributed by atoms with Crippen LogP contribution in [-0.2, 0) is 26.3 Å². The summed E-state index contributed by atoms with van der Waals surface area (Å²) in [6.07, 6.45) is 8.82. The normalized spacial score (nSPS) is 23.5. The molecular weight excluding hydrogens is 506 g/mol. The summed E-state index contributed by atoms with van der Waals surface area (Å²) < 4.78 is 5.45. The van der Waals surface area contributed by atoms with Crippen molar-refractivity contribution in [1.29, 1.82) is 0 Å². The van der Waals surface area contributed by atoms with Gasteiger partial charge in [0.05, 0.1) is 5.69 Å². The maximum Gasteiger partial charge on any atom is 0.332 e. The van der Waals surface area contributed by atoms with E-state index in [9.17, 15) is 14.4 Å². The van der Waals surface area contributed by atoms with Gasteiger partial charge in [-0.25, -0.2) is 14.7 Å². The number of nitrogens with one attached hydrogen (secondary N) is 1. The van der Waals surface area contributed by atoms with Gasteiger partial charge in [-0.15, -0.1) is 0 Å². The quantitative estimate of drug-likeness (QED) is 0.536. The molecule has 5 aliphatic rings. The number of anilines is 3. The highest BCUT2D eigenvalue weighted by Crippen LogP contribution is 2.54. The largest absolute Gasteiger partial charge is 0.381 e. The topological polar surface area (TPSA) is 95.1 Å². The van der Waals surface area contributed by atoms with Crippen molar-refractivity contribution in [3.8, 4) is 0 Å². The molecule has 2 aliphatic carbocycles. The van der Waals surface area contributed by atoms with Gasteiger partial charge in [-0.05, 0) is 87.8 Å². The van der Waals surface area contributed by atoms with Gasteiger partial charge in [-0.2, -0.15) is 0 Å². The summed E-state index contributed by atoms with van der Waals surface area (Å²) in [5, 5.41) is 3.48. The second-order valence-corrected chi connectivity index (χ2v) is 12.7. The number of urea groups is 1. The average molecular weight is 544 g/mol. The zero-order chi connectivity index (χ0) is 27.6. The van der Waals surface area contributed by atoms with Crippen LogP contribution in [0.1, 0.15) is 69.9 Å². The number of fused-ring (bicyclic) bond motifs is 2. The highest BCUT2D eigenvalue weighted by molar-refractivity contribution is 6.23. The summed E-state index contributed by atoms with van der Waals surface area (Å²) in [6, 6.07) is 9.66. The second kappa shape index (κ2) is 9.29. The van der Waals surface area contributed by atoms with Crippen molar-refractivity contribution in [1.82, 2.24) is 9.88 Å². The standard InChI is InChI=1S/C31H37N5O4/c1-30(2)28(38)36(29(39)35(30)18-20-8-13-32-26(16-20)33-22-9-14-40-15-10-22)23-6-7-24-25(17-23)34(27(37)21-4-5-21)19-31(24)11-3-12-31/h6-8,13,16-17,21-22H,3-5,9-12,14-15,18-19H2,1-2H3,(H,32,33). The van der Waals surface area contributed by atoms with Crippen molar-refractivity contribution >= 4 is 35.0 Å². The Hall–Kier alpha value is -3.46. The van der Waals surface area contributed by atoms with Crippen molar-refractivity contribution in [2.45, 2.75) is 82.3 Å². The molecule has 40 heavy (non-hydrogen) atoms. The average Bonchev–Trinajstić information content (AvgIpc) is 3.69. The predicted molar refractivity (Wildman–Crippen MR) is 151 cm³/mol. The van der Waals surface area contributed by atoms with Crippen LogP contribution in [0.25, 0.3) is 0 Å². The number of ether oxygens (including phenoxy) is 1. The van der Waals surface area contributed by atoms with Crippen LogP contribution >= 0.6 is 0 Å². The first-order valence-corrected chi connectivity index (χ1v) is 14.7. The molecule has 4 amide bonds. The van der Waals surface area contributed by atoms with E-state index in [-0.39, 0.29) is 29.2 Å². The minimum Gasteiger partial charge on any atom is -0.381 e. The molecule has 2 saturated carbocycles. The summed E-state index contributed by atoms with van der Waals surface area (Å²) in [5.41, 5.74) is 2.51. The van der Waals surface area contributed by atoms with Crippen LogP contribution in [0.5, 0.6) is 0 Å². The number of carbonyl (C=O) groups is 3. The number of pyridine rings is 1. The molecule has 0 atom stereocenters. The highest BCUT2D eigenvalue weighted by atomic mass is 16.5. The van der Waals surface area contributed by atoms with E-state index in [4.69, 9.17) is 4.74 Å². The SMILES string of the molecule is CC1(C)C(=O)N(c2ccc3c(c2)N(C(=O)C2CC2)CC32CCC2)C(=O)N1Cc1ccnc(NC2CCOCC2)c1. The number of amides is 4. The highest BCUT2D eigenvalue weighted by Gasteiger charge is 2.54. The van der Waals surface area contributed by atoms with Crippen LogP contribution in [0.15, 0.2) is 36.5 Å². The fourth-order valence-electron chi connectivity index (χ4n) is 6.80. The van der Waals surface area contributed by atoms with E-state index in [1.165, 1.54) is 16.9 Å². The van der Waals surface area contributed by atoms with Crippen molar-refractivity contribution in [3.63, 3.8) is 0 Å². The summed E-state index contributed by atoms with van der Waals surface area (Å²) >= 11 is 0. The first-order chi connectivity index (χ1) is 19.3. The molecule has 210 valence electrons. The molecule has 0 radical (unpaired) electrons. The van der Waals surface area contributed by atoms with Gasteiger partial charge in [0, 0.05) is 55.6 Å². The molecule has 1 aromatic heterocycles. The van der Waals surface area contributed by atoms with E-state index in [0.717, 1.165) is 68.8 Å². The van der Waals surface area contributed by atoms with E-state index in [1.807, 2.05) is 29.2 Å². The number of hydrogen-bond acceptors (Lipinski definition) is 6. The molecule has 0 bridgehead atoms. The second-order valence-electron chi connectivity index (χ2n) is 12.7. The van der Waals surface area contributed by atoms with E-state index < -0.39 is 5.54 Å². The molecule has 7 rings (SSSR count). The van der Waals surface area contributed by atoms with E-state index >= 15 is 0 Å². The van der Waals surface area contributed by atoms with Crippen LogP contribution in [0.3, 0.4) is 0 Å². The van der Waals surface area contributed by atoms with Crippen molar-refractivity contribution in [2.24, 2.45) is 5.92 Å². The predicted octanol–water partition coefficient (Wildman–Crippen LogP) is 4.60. The third-order valence-corrected chi connectivity index (χ3v) is 9.63. The Labute approximate surface area is 234 Å². The molecule has 1 N–H and O–H groups in total. The zero-order valence-corrected chi connectivity index (χ0v) is 23.3. The Balaban J connectivity index is 1.15. The Morgan fingerprint density at radius 1 is 1.07 bits per heavy atom. The van der Waals surface area contributed by atoms with Crippen molar-refractivity contribution in [2.75, 3.05) is 34.9 Å². The molecule has 1 spiro atoms. The molecule has 9 nitrogen and oxygen atoms in total. The molecule has 0 unspecified atom stereocenters. The lowest BCUT2D eigenvalue weighted by Gasteiger charge is -2.39. The van der Waals surface area contributed by atoms with Gasteiger partial charge in [0.1, 0.15) is 11.4 Å². The van der Waals surface area contributed by atoms with Crippen LogP contribution in [0.2, 0.25) is 0 Å². The number of carbonyl (C=O) groups excluding carboxylic acids is 3. The maximum atomic E-state index is 13.9. The summed E-state index contributed by atoms with van der Waals surface area (Å²) in [6.45, 7) is 6.08. The molecule has 3 aliphatic heterocycles. The fraction of sp³-hybridized carbons (Fsp3) is 0.548. The Morgan fingerprint density at radius 2 is 1.85 bits per heavy atom. The van der Waals surface area contributed by atoms with Crippen molar-refractivity contribution < 1.29 is 19.1 Å². The van der Waals surface area contributed by atoms with E-state index in [2.05, 4.69) is 16.4 Å². The number of rotatable bonds is 6. The first kappa shape index (κ1) is 25.5. The minimum absolute atomic E-state index is 0.0283. The zero-order valence-electron chi connectivity index (χ0n) is 23.3. The lowest BCUT2D eigenvalue weighted by atomic mass is 9.66. The van der Waals surface area contributed by atoms with Gasteiger partial charge in [-0.1, -0.05) is 12.5 Å². The van der Waals surface area contributed by atoms with Crippen LogP contribution < -0.4 is 15.1 Å². The van der Waals surface area contributed by atoms with Gasteiger partial charge < -0.3 is 19.9 Å². The van der Waals surface area contributed by atoms with Gasteiger partial charge in [-0.3, -0.25) is 9.59 Å². The number of benzene rings is 1. The van der Waals surface area contributed by atoms with Gasteiger partial charge in [0.25, 0.3) is 5.91 Å². The Morgan fingerprint density at radius 3 is 2.55 bits per heavy atom. The monoisotopic (exact) mass is 543 g/mol. The number of aromatic nitrogens is 1. The Kier molecular flexibility index (Phi) is 5.93. The molecule has 4 fully saturated rings. The van der Waals surface area contributed by atoms with Crippen LogP contribution in [-0.4, -0.2) is 59.1 Å². The van der Waals surface area contributed by atoms with Gasteiger partial charge in [0.2, 0.25) is 5.91 Å². The fourth-order valence-corrected chi connectivity index (χ4v) is 6.80. The molecule has 2 aromatic rings. The van der Waals surface area contributed by atoms with Gasteiger partial charge in [0.15, 0.2) is 0 Å². The molecular formula is C31H37N5O4. The smallest absolute Gasteiger partial charge is 0.332 e. The maximum absolute atomic E-state index is 13.9. The Bertz CT molecular complexity index is 1380. The molecule has 1 aromatic carbocycles. The third-order valence-electron chi connectivity index (χ3n) is 9.63.